The summed E-state index contributed by atoms with van der Waals surface area (Å²) < 4.78 is 48.2. The largest absolute Gasteiger partial charge is 0.456 e. The lowest BCUT2D eigenvalue weighted by Gasteiger charge is -2.13. The van der Waals surface area contributed by atoms with Crippen LogP contribution in [-0.2, 0) is 15.7 Å². The second-order valence-corrected chi connectivity index (χ2v) is 6.04. The molecule has 0 fully saturated rings. The van der Waals surface area contributed by atoms with Crippen LogP contribution in [0.5, 0.6) is 11.5 Å². The number of hydrogen-bond donors (Lipinski definition) is 1. The minimum atomic E-state index is -4.61. The molecule has 0 aliphatic carbocycles. The molecule has 0 aromatic heterocycles. The lowest BCUT2D eigenvalue weighted by atomic mass is 10.1. The molecule has 0 heterocycles. The Bertz CT molecular complexity index is 980. The van der Waals surface area contributed by atoms with Crippen molar-refractivity contribution in [2.45, 2.75) is 19.2 Å². The Morgan fingerprint density at radius 3 is 2.38 bits per heavy atom. The van der Waals surface area contributed by atoms with E-state index in [1.54, 1.807) is 0 Å². The third-order valence-electron chi connectivity index (χ3n) is 3.56. The first-order valence-corrected chi connectivity index (χ1v) is 8.11. The summed E-state index contributed by atoms with van der Waals surface area (Å²) in [6, 6.07) is 5.31. The predicted octanol–water partition coefficient (Wildman–Crippen LogP) is 4.09. The summed E-state index contributed by atoms with van der Waals surface area (Å²) in [4.78, 5) is 33.5. The van der Waals surface area contributed by atoms with E-state index in [9.17, 15) is 32.9 Å². The zero-order valence-electron chi connectivity index (χ0n) is 14.5. The number of carbonyl (C=O) groups is 2. The highest BCUT2D eigenvalue weighted by Gasteiger charge is 2.31. The van der Waals surface area contributed by atoms with E-state index in [4.69, 9.17) is 26.8 Å². The number of primary amides is 1. The molecule has 8 nitrogen and oxygen atoms in total. The van der Waals surface area contributed by atoms with E-state index in [0.717, 1.165) is 30.3 Å². The third-order valence-corrected chi connectivity index (χ3v) is 3.85. The minimum absolute atomic E-state index is 0.143. The molecule has 0 aliphatic heterocycles. The molecule has 2 N–H and O–H groups in total. The maximum Gasteiger partial charge on any atom is 0.416 e. The second kappa shape index (κ2) is 8.35. The summed E-state index contributed by atoms with van der Waals surface area (Å²) >= 11 is 5.80. The first-order valence-electron chi connectivity index (χ1n) is 7.73. The quantitative estimate of drug-likeness (QED) is 0.417. The van der Waals surface area contributed by atoms with Crippen LogP contribution in [-0.4, -0.2) is 22.9 Å². The van der Waals surface area contributed by atoms with Gasteiger partial charge >= 0.3 is 12.1 Å². The van der Waals surface area contributed by atoms with Gasteiger partial charge in [-0.1, -0.05) is 11.6 Å². The second-order valence-electron chi connectivity index (χ2n) is 5.63. The maximum absolute atomic E-state index is 12.7. The lowest BCUT2D eigenvalue weighted by molar-refractivity contribution is -0.385. The average Bonchev–Trinajstić information content (AvgIpc) is 2.62. The number of esters is 1. The highest BCUT2D eigenvalue weighted by molar-refractivity contribution is 6.32. The standard InChI is InChI=1S/C17H12ClF3N2O6/c1-8(15(22)24)28-16(25)11-7-10(3-4-13(11)23(26)27)29-14-5-2-9(6-12(14)18)17(19,20)21/h2-8H,1H3,(H2,22,24). The van der Waals surface area contributed by atoms with E-state index < -0.39 is 45.9 Å². The van der Waals surface area contributed by atoms with Gasteiger partial charge in [0, 0.05) is 12.1 Å². The molecule has 0 spiro atoms. The molecule has 0 radical (unpaired) electrons. The van der Waals surface area contributed by atoms with Gasteiger partial charge in [-0.25, -0.2) is 4.79 Å². The molecule has 29 heavy (non-hydrogen) atoms. The number of hydrogen-bond acceptors (Lipinski definition) is 6. The zero-order valence-corrected chi connectivity index (χ0v) is 15.3. The van der Waals surface area contributed by atoms with E-state index in [1.807, 2.05) is 0 Å². The molecule has 2 aromatic rings. The van der Waals surface area contributed by atoms with Gasteiger partial charge in [0.05, 0.1) is 15.5 Å². The molecule has 0 saturated heterocycles. The van der Waals surface area contributed by atoms with Crippen molar-refractivity contribution in [2.24, 2.45) is 5.73 Å². The van der Waals surface area contributed by atoms with E-state index in [-0.39, 0.29) is 16.5 Å². The first kappa shape index (κ1) is 22.0. The first-order chi connectivity index (χ1) is 13.4. The molecule has 154 valence electrons. The number of halogens is 4. The van der Waals surface area contributed by atoms with Crippen molar-refractivity contribution in [3.8, 4) is 11.5 Å². The number of alkyl halides is 3. The number of nitrogens with zero attached hydrogens (tertiary/aromatic N) is 1. The van der Waals surface area contributed by atoms with Gasteiger partial charge in [0.2, 0.25) is 0 Å². The number of nitro benzene ring substituents is 1. The fourth-order valence-electron chi connectivity index (χ4n) is 2.07. The van der Waals surface area contributed by atoms with Gasteiger partial charge in [-0.2, -0.15) is 13.2 Å². The summed E-state index contributed by atoms with van der Waals surface area (Å²) in [6.07, 6.45) is -5.96. The topological polar surface area (TPSA) is 122 Å². The predicted molar refractivity (Wildman–Crippen MR) is 93.7 cm³/mol. The smallest absolute Gasteiger partial charge is 0.416 e. The Balaban J connectivity index is 2.37. The molecule has 0 saturated carbocycles. The summed E-state index contributed by atoms with van der Waals surface area (Å²) in [7, 11) is 0. The number of nitrogens with two attached hydrogens (primary N) is 1. The van der Waals surface area contributed by atoms with Crippen LogP contribution in [0.2, 0.25) is 5.02 Å². The third kappa shape index (κ3) is 5.35. The van der Waals surface area contributed by atoms with Crippen LogP contribution in [0.1, 0.15) is 22.8 Å². The van der Waals surface area contributed by atoms with Crippen molar-refractivity contribution in [3.63, 3.8) is 0 Å². The van der Waals surface area contributed by atoms with Crippen molar-refractivity contribution in [1.82, 2.24) is 0 Å². The Labute approximate surface area is 166 Å². The van der Waals surface area contributed by atoms with E-state index in [1.165, 1.54) is 6.92 Å². The van der Waals surface area contributed by atoms with Crippen molar-refractivity contribution in [1.29, 1.82) is 0 Å². The minimum Gasteiger partial charge on any atom is -0.456 e. The number of carbonyl (C=O) groups excluding carboxylic acids is 2. The maximum atomic E-state index is 12.7. The number of amides is 1. The van der Waals surface area contributed by atoms with Gasteiger partial charge in [-0.3, -0.25) is 14.9 Å². The zero-order chi connectivity index (χ0) is 21.9. The number of ether oxygens (including phenoxy) is 2. The molecule has 1 unspecified atom stereocenters. The summed E-state index contributed by atoms with van der Waals surface area (Å²) in [5.74, 6) is -2.51. The Morgan fingerprint density at radius 1 is 1.21 bits per heavy atom. The van der Waals surface area contributed by atoms with E-state index in [0.29, 0.717) is 6.07 Å². The molecule has 12 heteroatoms. The molecule has 2 rings (SSSR count). The van der Waals surface area contributed by atoms with Gasteiger partial charge < -0.3 is 15.2 Å². The molecule has 0 bridgehead atoms. The van der Waals surface area contributed by atoms with Crippen molar-refractivity contribution >= 4 is 29.2 Å². The van der Waals surface area contributed by atoms with Crippen LogP contribution in [0.25, 0.3) is 0 Å². The van der Waals surface area contributed by atoms with Crippen LogP contribution in [0, 0.1) is 10.1 Å². The highest BCUT2D eigenvalue weighted by atomic mass is 35.5. The lowest BCUT2D eigenvalue weighted by Crippen LogP contribution is -2.30. The van der Waals surface area contributed by atoms with E-state index in [2.05, 4.69) is 0 Å². The van der Waals surface area contributed by atoms with E-state index >= 15 is 0 Å². The SMILES string of the molecule is CC(OC(=O)c1cc(Oc2ccc(C(F)(F)F)cc2Cl)ccc1[N+](=O)[O-])C(N)=O. The van der Waals surface area contributed by atoms with Crippen LogP contribution in [0.15, 0.2) is 36.4 Å². The van der Waals surface area contributed by atoms with Gasteiger partial charge in [-0.15, -0.1) is 0 Å². The monoisotopic (exact) mass is 432 g/mol. The molecule has 2 aromatic carbocycles. The number of rotatable bonds is 6. The van der Waals surface area contributed by atoms with Crippen molar-refractivity contribution in [3.05, 3.63) is 62.7 Å². The Hall–Kier alpha value is -3.34. The van der Waals surface area contributed by atoms with Gasteiger partial charge in [0.15, 0.2) is 6.10 Å². The average molecular weight is 433 g/mol. The summed E-state index contributed by atoms with van der Waals surface area (Å²) in [5, 5.41) is 10.8. The highest BCUT2D eigenvalue weighted by Crippen LogP contribution is 2.37. The number of benzene rings is 2. The Morgan fingerprint density at radius 2 is 1.86 bits per heavy atom. The molecule has 1 amide bonds. The van der Waals surface area contributed by atoms with Crippen LogP contribution in [0.3, 0.4) is 0 Å². The van der Waals surface area contributed by atoms with Crippen LogP contribution < -0.4 is 10.5 Å². The van der Waals surface area contributed by atoms with Gasteiger partial charge in [0.1, 0.15) is 17.1 Å². The number of nitro groups is 1. The molecular formula is C17H12ClF3N2O6. The summed E-state index contributed by atoms with van der Waals surface area (Å²) in [5.41, 5.74) is 2.79. The van der Waals surface area contributed by atoms with Crippen LogP contribution in [0.4, 0.5) is 18.9 Å². The molecule has 1 atom stereocenters. The fourth-order valence-corrected chi connectivity index (χ4v) is 2.29. The molecule has 0 aliphatic rings. The fraction of sp³-hybridized carbons (Fsp3) is 0.176. The Kier molecular flexibility index (Phi) is 6.32. The van der Waals surface area contributed by atoms with Crippen molar-refractivity contribution in [2.75, 3.05) is 0 Å². The van der Waals surface area contributed by atoms with Gasteiger partial charge in [-0.05, 0) is 31.2 Å². The normalized spacial score (nSPS) is 12.2. The van der Waals surface area contributed by atoms with Crippen LogP contribution >= 0.6 is 11.6 Å². The van der Waals surface area contributed by atoms with Crippen molar-refractivity contribution < 1.29 is 37.2 Å². The van der Waals surface area contributed by atoms with Gasteiger partial charge in [0.25, 0.3) is 11.6 Å². The summed E-state index contributed by atoms with van der Waals surface area (Å²) in [6.45, 7) is 1.17. The molecular weight excluding hydrogens is 421 g/mol.